The quantitative estimate of drug-likeness (QED) is 0.663. The second kappa shape index (κ2) is 7.11. The van der Waals surface area contributed by atoms with Crippen LogP contribution in [0.5, 0.6) is 0 Å². The normalized spacial score (nSPS) is 11.7. The zero-order valence-corrected chi connectivity index (χ0v) is 16.8. The Kier molecular flexibility index (Phi) is 5.21. The molecule has 3 rings (SSSR count). The summed E-state index contributed by atoms with van der Waals surface area (Å²) in [5.74, 6) is 0.0370. The Bertz CT molecular complexity index is 1080. The molecule has 0 fully saturated rings. The molecular weight excluding hydrogens is 421 g/mol. The van der Waals surface area contributed by atoms with Gasteiger partial charge >= 0.3 is 0 Å². The van der Waals surface area contributed by atoms with Gasteiger partial charge in [0.15, 0.2) is 5.82 Å². The van der Waals surface area contributed by atoms with Gasteiger partial charge in [-0.15, -0.1) is 0 Å². The zero-order valence-electron chi connectivity index (χ0n) is 13.7. The fourth-order valence-electron chi connectivity index (χ4n) is 2.40. The van der Waals surface area contributed by atoms with E-state index in [1.807, 2.05) is 0 Å². The molecule has 1 N–H and O–H groups in total. The Morgan fingerprint density at radius 2 is 1.81 bits per heavy atom. The first-order valence-corrected chi connectivity index (χ1v) is 9.97. The summed E-state index contributed by atoms with van der Waals surface area (Å²) in [7, 11) is -2.21. The summed E-state index contributed by atoms with van der Waals surface area (Å²) in [6, 6.07) is 5.19. The number of anilines is 1. The highest BCUT2D eigenvalue weighted by molar-refractivity contribution is 7.92. The van der Waals surface area contributed by atoms with Crippen LogP contribution in [-0.4, -0.2) is 28.0 Å². The van der Waals surface area contributed by atoms with Crippen molar-refractivity contribution >= 4 is 50.6 Å². The number of hydrogen-bond donors (Lipinski definition) is 1. The van der Waals surface area contributed by atoms with Crippen molar-refractivity contribution in [2.45, 2.75) is 18.4 Å². The van der Waals surface area contributed by atoms with Gasteiger partial charge < -0.3 is 0 Å². The van der Waals surface area contributed by atoms with Crippen molar-refractivity contribution in [1.29, 1.82) is 0 Å². The van der Waals surface area contributed by atoms with Gasteiger partial charge in [-0.05, 0) is 24.6 Å². The lowest BCUT2D eigenvalue weighted by Gasteiger charge is -2.05. The summed E-state index contributed by atoms with van der Waals surface area (Å²) in [6.07, 6.45) is 2.94. The van der Waals surface area contributed by atoms with Crippen molar-refractivity contribution in [2.24, 2.45) is 7.05 Å². The van der Waals surface area contributed by atoms with Crippen LogP contribution in [0.2, 0.25) is 15.1 Å². The summed E-state index contributed by atoms with van der Waals surface area (Å²) in [5.41, 5.74) is 1.22. The molecule has 3 aromatic rings. The number of hydrogen-bond acceptors (Lipinski definition) is 4. The monoisotopic (exact) mass is 433 g/mol. The van der Waals surface area contributed by atoms with E-state index in [-0.39, 0.29) is 15.7 Å². The molecule has 0 aliphatic heterocycles. The third-order valence-corrected chi connectivity index (χ3v) is 5.99. The maximum absolute atomic E-state index is 12.5. The highest BCUT2D eigenvalue weighted by atomic mass is 35.5. The molecule has 0 aliphatic carbocycles. The lowest BCUT2D eigenvalue weighted by Crippen LogP contribution is -2.14. The van der Waals surface area contributed by atoms with E-state index >= 15 is 0 Å². The van der Waals surface area contributed by atoms with Gasteiger partial charge in [0.2, 0.25) is 0 Å². The minimum absolute atomic E-state index is 0.0370. The molecule has 0 radical (unpaired) electrons. The van der Waals surface area contributed by atoms with Crippen molar-refractivity contribution in [3.05, 3.63) is 56.9 Å². The third-order valence-electron chi connectivity index (χ3n) is 3.53. The summed E-state index contributed by atoms with van der Waals surface area (Å²) >= 11 is 18.0. The lowest BCUT2D eigenvalue weighted by atomic mass is 10.2. The van der Waals surface area contributed by atoms with Gasteiger partial charge in [0.25, 0.3) is 10.0 Å². The van der Waals surface area contributed by atoms with Crippen molar-refractivity contribution in [1.82, 2.24) is 19.6 Å². The SMILES string of the molecule is Cc1nn(C)cc1S(=O)(=O)Nc1nn(Cc2ccc(Cl)c(Cl)c2)cc1Cl. The molecule has 26 heavy (non-hydrogen) atoms. The second-order valence-electron chi connectivity index (χ2n) is 5.63. The molecule has 0 saturated carbocycles. The van der Waals surface area contributed by atoms with E-state index in [1.54, 1.807) is 32.2 Å². The van der Waals surface area contributed by atoms with Gasteiger partial charge in [-0.2, -0.15) is 10.2 Å². The van der Waals surface area contributed by atoms with Crippen LogP contribution in [0.1, 0.15) is 11.3 Å². The van der Waals surface area contributed by atoms with Gasteiger partial charge in [-0.25, -0.2) is 8.42 Å². The number of halogens is 3. The van der Waals surface area contributed by atoms with E-state index in [0.29, 0.717) is 22.3 Å². The maximum atomic E-state index is 12.5. The fourth-order valence-corrected chi connectivity index (χ4v) is 4.21. The van der Waals surface area contributed by atoms with Crippen LogP contribution in [0.3, 0.4) is 0 Å². The lowest BCUT2D eigenvalue weighted by molar-refractivity contribution is 0.600. The minimum atomic E-state index is -3.85. The average molecular weight is 435 g/mol. The Morgan fingerprint density at radius 1 is 1.08 bits per heavy atom. The molecule has 11 heteroatoms. The maximum Gasteiger partial charge on any atom is 0.266 e. The zero-order chi connectivity index (χ0) is 19.1. The smallest absolute Gasteiger partial charge is 0.266 e. The number of benzene rings is 1. The molecule has 0 bridgehead atoms. The van der Waals surface area contributed by atoms with Crippen LogP contribution >= 0.6 is 34.8 Å². The summed E-state index contributed by atoms with van der Waals surface area (Å²) in [4.78, 5) is 0.0649. The first-order valence-electron chi connectivity index (χ1n) is 7.35. The first-order chi connectivity index (χ1) is 12.2. The van der Waals surface area contributed by atoms with Crippen LogP contribution in [0.25, 0.3) is 0 Å². The Labute approximate surface area is 165 Å². The van der Waals surface area contributed by atoms with Crippen molar-refractivity contribution in [3.8, 4) is 0 Å². The van der Waals surface area contributed by atoms with Gasteiger partial charge in [-0.3, -0.25) is 14.1 Å². The van der Waals surface area contributed by atoms with Crippen LogP contribution in [0, 0.1) is 6.92 Å². The van der Waals surface area contributed by atoms with E-state index in [2.05, 4.69) is 14.9 Å². The topological polar surface area (TPSA) is 81.8 Å². The molecule has 2 heterocycles. The van der Waals surface area contributed by atoms with Gasteiger partial charge in [0, 0.05) is 19.4 Å². The van der Waals surface area contributed by atoms with Gasteiger partial charge in [0.05, 0.1) is 22.3 Å². The Morgan fingerprint density at radius 3 is 2.42 bits per heavy atom. The predicted molar refractivity (Wildman–Crippen MR) is 102 cm³/mol. The molecule has 1 aromatic carbocycles. The standard InChI is InChI=1S/C15H14Cl3N5O2S/c1-9-14(8-22(2)19-9)26(24,25)21-15-13(18)7-23(20-15)6-10-3-4-11(16)12(17)5-10/h3-5,7-8H,6H2,1-2H3,(H,20,21). The number of nitrogens with one attached hydrogen (secondary N) is 1. The summed E-state index contributed by atoms with van der Waals surface area (Å²) in [6.45, 7) is 1.96. The molecule has 0 saturated heterocycles. The van der Waals surface area contributed by atoms with Crippen LogP contribution in [0.4, 0.5) is 5.82 Å². The summed E-state index contributed by atoms with van der Waals surface area (Å²) in [5, 5.41) is 9.28. The molecule has 0 unspecified atom stereocenters. The average Bonchev–Trinajstić information content (AvgIpc) is 3.05. The third kappa shape index (κ3) is 3.98. The van der Waals surface area contributed by atoms with E-state index in [1.165, 1.54) is 21.8 Å². The van der Waals surface area contributed by atoms with Crippen LogP contribution in [0.15, 0.2) is 35.5 Å². The highest BCUT2D eigenvalue weighted by Gasteiger charge is 2.22. The molecule has 0 atom stereocenters. The first kappa shape index (κ1) is 19.0. The number of aromatic nitrogens is 4. The number of rotatable bonds is 5. The van der Waals surface area contributed by atoms with E-state index < -0.39 is 10.0 Å². The number of aryl methyl sites for hydroxylation is 2. The van der Waals surface area contributed by atoms with Crippen molar-refractivity contribution in [2.75, 3.05) is 4.72 Å². The largest absolute Gasteiger partial charge is 0.274 e. The molecular formula is C15H14Cl3N5O2S. The van der Waals surface area contributed by atoms with Crippen molar-refractivity contribution < 1.29 is 8.42 Å². The number of sulfonamides is 1. The van der Waals surface area contributed by atoms with Crippen molar-refractivity contribution in [3.63, 3.8) is 0 Å². The van der Waals surface area contributed by atoms with Crippen LogP contribution < -0.4 is 4.72 Å². The predicted octanol–water partition coefficient (Wildman–Crippen LogP) is 3.73. The van der Waals surface area contributed by atoms with Gasteiger partial charge in [0.1, 0.15) is 9.92 Å². The van der Waals surface area contributed by atoms with E-state index in [0.717, 1.165) is 5.56 Å². The molecule has 0 aliphatic rings. The van der Waals surface area contributed by atoms with Gasteiger partial charge in [-0.1, -0.05) is 40.9 Å². The molecule has 0 spiro atoms. The molecule has 2 aromatic heterocycles. The molecule has 0 amide bonds. The number of nitrogens with zero attached hydrogens (tertiary/aromatic N) is 4. The van der Waals surface area contributed by atoms with E-state index in [9.17, 15) is 8.42 Å². The second-order valence-corrected chi connectivity index (χ2v) is 8.50. The Hall–Kier alpha value is -1.74. The van der Waals surface area contributed by atoms with Crippen LogP contribution in [-0.2, 0) is 23.6 Å². The summed E-state index contributed by atoms with van der Waals surface area (Å²) < 4.78 is 30.4. The van der Waals surface area contributed by atoms with E-state index in [4.69, 9.17) is 34.8 Å². The Balaban J connectivity index is 1.84. The fraction of sp³-hybridized carbons (Fsp3) is 0.200. The molecule has 138 valence electrons. The highest BCUT2D eigenvalue weighted by Crippen LogP contribution is 2.26. The minimum Gasteiger partial charge on any atom is -0.274 e. The molecule has 7 nitrogen and oxygen atoms in total.